The molecule has 0 saturated carbocycles. The Morgan fingerprint density at radius 1 is 0.897 bits per heavy atom. The highest BCUT2D eigenvalue weighted by atomic mass is 16.5. The molecule has 2 aromatic heterocycles. The number of amides is 2. The van der Waals surface area contributed by atoms with Gasteiger partial charge in [0.05, 0.1) is 19.9 Å². The Bertz CT molecular complexity index is 1330. The summed E-state index contributed by atoms with van der Waals surface area (Å²) in [6.07, 6.45) is 4.30. The van der Waals surface area contributed by atoms with E-state index in [1.807, 2.05) is 71.8 Å². The van der Waals surface area contributed by atoms with Gasteiger partial charge in [0, 0.05) is 31.5 Å². The summed E-state index contributed by atoms with van der Waals surface area (Å²) in [6, 6.07) is 25.3. The summed E-state index contributed by atoms with van der Waals surface area (Å²) in [4.78, 5) is 30.5. The fourth-order valence-corrected chi connectivity index (χ4v) is 4.43. The van der Waals surface area contributed by atoms with Crippen molar-refractivity contribution in [2.75, 3.05) is 20.2 Å². The van der Waals surface area contributed by atoms with E-state index in [4.69, 9.17) is 9.15 Å². The smallest absolute Gasteiger partial charge is 0.290 e. The maximum absolute atomic E-state index is 13.8. The van der Waals surface area contributed by atoms with Gasteiger partial charge in [-0.1, -0.05) is 56.3 Å². The minimum Gasteiger partial charge on any atom is -0.497 e. The molecule has 0 N–H and O–H groups in total. The highest BCUT2D eigenvalue weighted by Gasteiger charge is 2.25. The zero-order valence-electron chi connectivity index (χ0n) is 23.0. The molecule has 7 nitrogen and oxygen atoms in total. The molecule has 39 heavy (non-hydrogen) atoms. The largest absolute Gasteiger partial charge is 0.497 e. The third-order valence-electron chi connectivity index (χ3n) is 6.65. The Morgan fingerprint density at radius 2 is 1.69 bits per heavy atom. The first-order valence-electron chi connectivity index (χ1n) is 13.3. The van der Waals surface area contributed by atoms with Crippen LogP contribution in [-0.4, -0.2) is 46.4 Å². The van der Waals surface area contributed by atoms with Gasteiger partial charge in [0.2, 0.25) is 5.91 Å². The standard InChI is InChI=1S/C32H37N3O4/c1-25(2)16-18-34(32(37)30-15-9-19-39-30)24-31(36)35(21-26-10-5-4-6-11-26)23-28-13-8-17-33(28)22-27-12-7-14-29(20-27)38-3/h4-15,17,19-20,25H,16,18,21-24H2,1-3H3. The number of rotatable bonds is 13. The molecule has 0 bridgehead atoms. The van der Waals surface area contributed by atoms with Crippen LogP contribution < -0.4 is 4.74 Å². The highest BCUT2D eigenvalue weighted by molar-refractivity contribution is 5.94. The number of nitrogens with zero attached hydrogens (tertiary/aromatic N) is 3. The first-order valence-corrected chi connectivity index (χ1v) is 13.3. The van der Waals surface area contributed by atoms with E-state index in [9.17, 15) is 9.59 Å². The lowest BCUT2D eigenvalue weighted by molar-refractivity contribution is -0.133. The molecule has 204 valence electrons. The number of carbonyl (C=O) groups is 2. The van der Waals surface area contributed by atoms with Gasteiger partial charge in [0.15, 0.2) is 5.76 Å². The van der Waals surface area contributed by atoms with Crippen molar-refractivity contribution in [1.82, 2.24) is 14.4 Å². The summed E-state index contributed by atoms with van der Waals surface area (Å²) >= 11 is 0. The van der Waals surface area contributed by atoms with Gasteiger partial charge in [-0.25, -0.2) is 0 Å². The molecule has 4 aromatic rings. The summed E-state index contributed by atoms with van der Waals surface area (Å²) in [5, 5.41) is 0. The summed E-state index contributed by atoms with van der Waals surface area (Å²) in [5.74, 6) is 1.07. The predicted molar refractivity (Wildman–Crippen MR) is 151 cm³/mol. The second kappa shape index (κ2) is 13.5. The molecule has 0 radical (unpaired) electrons. The molecule has 0 saturated heterocycles. The fourth-order valence-electron chi connectivity index (χ4n) is 4.43. The number of methoxy groups -OCH3 is 1. The van der Waals surface area contributed by atoms with Crippen LogP contribution in [0.4, 0.5) is 0 Å². The topological polar surface area (TPSA) is 67.9 Å². The van der Waals surface area contributed by atoms with Gasteiger partial charge in [0.25, 0.3) is 5.91 Å². The molecule has 4 rings (SSSR count). The van der Waals surface area contributed by atoms with E-state index in [-0.39, 0.29) is 24.1 Å². The van der Waals surface area contributed by atoms with Crippen LogP contribution >= 0.6 is 0 Å². The van der Waals surface area contributed by atoms with Gasteiger partial charge >= 0.3 is 0 Å². The second-order valence-corrected chi connectivity index (χ2v) is 10.1. The first-order chi connectivity index (χ1) is 18.9. The number of ether oxygens (including phenoxy) is 1. The van der Waals surface area contributed by atoms with Crippen LogP contribution in [0.3, 0.4) is 0 Å². The average molecular weight is 528 g/mol. The molecule has 2 amide bonds. The molecule has 0 aliphatic rings. The van der Waals surface area contributed by atoms with Crippen LogP contribution in [0.5, 0.6) is 5.75 Å². The van der Waals surface area contributed by atoms with E-state index in [0.29, 0.717) is 32.1 Å². The van der Waals surface area contributed by atoms with Crippen molar-refractivity contribution in [3.63, 3.8) is 0 Å². The van der Waals surface area contributed by atoms with Crippen molar-refractivity contribution in [3.8, 4) is 5.75 Å². The van der Waals surface area contributed by atoms with Crippen molar-refractivity contribution < 1.29 is 18.7 Å². The third kappa shape index (κ3) is 7.87. The Kier molecular flexibility index (Phi) is 9.62. The van der Waals surface area contributed by atoms with Crippen molar-refractivity contribution in [1.29, 1.82) is 0 Å². The SMILES string of the molecule is COc1cccc(Cn2cccc2CN(Cc2ccccc2)C(=O)CN(CCC(C)C)C(=O)c2ccco2)c1. The quantitative estimate of drug-likeness (QED) is 0.219. The van der Waals surface area contributed by atoms with E-state index in [1.165, 1.54) is 6.26 Å². The van der Waals surface area contributed by atoms with E-state index in [0.717, 1.165) is 29.0 Å². The molecular formula is C32H37N3O4. The lowest BCUT2D eigenvalue weighted by Crippen LogP contribution is -2.43. The second-order valence-electron chi connectivity index (χ2n) is 10.1. The van der Waals surface area contributed by atoms with Crippen molar-refractivity contribution in [2.45, 2.75) is 39.9 Å². The summed E-state index contributed by atoms with van der Waals surface area (Å²) in [5.41, 5.74) is 3.15. The first kappa shape index (κ1) is 27.8. The predicted octanol–water partition coefficient (Wildman–Crippen LogP) is 5.86. The maximum atomic E-state index is 13.8. The number of aromatic nitrogens is 1. The summed E-state index contributed by atoms with van der Waals surface area (Å²) in [6.45, 7) is 6.19. The molecule has 2 heterocycles. The normalized spacial score (nSPS) is 11.0. The number of benzene rings is 2. The number of hydrogen-bond acceptors (Lipinski definition) is 4. The van der Waals surface area contributed by atoms with Crippen LogP contribution in [0.25, 0.3) is 0 Å². The van der Waals surface area contributed by atoms with Crippen LogP contribution in [-0.2, 0) is 24.4 Å². The summed E-state index contributed by atoms with van der Waals surface area (Å²) < 4.78 is 12.9. The van der Waals surface area contributed by atoms with Gasteiger partial charge in [-0.2, -0.15) is 0 Å². The van der Waals surface area contributed by atoms with E-state index in [1.54, 1.807) is 24.1 Å². The van der Waals surface area contributed by atoms with E-state index < -0.39 is 0 Å². The molecule has 0 spiro atoms. The maximum Gasteiger partial charge on any atom is 0.290 e. The van der Waals surface area contributed by atoms with Crippen molar-refractivity contribution >= 4 is 11.8 Å². The fraction of sp³-hybridized carbons (Fsp3) is 0.312. The zero-order chi connectivity index (χ0) is 27.6. The summed E-state index contributed by atoms with van der Waals surface area (Å²) in [7, 11) is 1.66. The minimum absolute atomic E-state index is 0.0182. The van der Waals surface area contributed by atoms with Crippen molar-refractivity contribution in [2.24, 2.45) is 5.92 Å². The number of carbonyl (C=O) groups excluding carboxylic acids is 2. The van der Waals surface area contributed by atoms with Crippen LogP contribution in [0.15, 0.2) is 95.7 Å². The van der Waals surface area contributed by atoms with Gasteiger partial charge < -0.3 is 23.5 Å². The third-order valence-corrected chi connectivity index (χ3v) is 6.65. The van der Waals surface area contributed by atoms with Gasteiger partial charge in [-0.05, 0) is 59.9 Å². The molecule has 7 heteroatoms. The van der Waals surface area contributed by atoms with Crippen LogP contribution in [0.2, 0.25) is 0 Å². The lowest BCUT2D eigenvalue weighted by Gasteiger charge is -2.28. The van der Waals surface area contributed by atoms with Gasteiger partial charge in [-0.15, -0.1) is 0 Å². The lowest BCUT2D eigenvalue weighted by atomic mass is 10.1. The monoisotopic (exact) mass is 527 g/mol. The molecule has 0 atom stereocenters. The van der Waals surface area contributed by atoms with Crippen molar-refractivity contribution in [3.05, 3.63) is 114 Å². The molecule has 0 aliphatic heterocycles. The molecule has 2 aromatic carbocycles. The molecule has 0 aliphatic carbocycles. The van der Waals surface area contributed by atoms with E-state index in [2.05, 4.69) is 24.5 Å². The Hall–Kier alpha value is -4.26. The van der Waals surface area contributed by atoms with Gasteiger partial charge in [0.1, 0.15) is 12.3 Å². The molecule has 0 unspecified atom stereocenters. The van der Waals surface area contributed by atoms with Gasteiger partial charge in [-0.3, -0.25) is 9.59 Å². The van der Waals surface area contributed by atoms with Crippen LogP contribution in [0, 0.1) is 5.92 Å². The minimum atomic E-state index is -0.268. The zero-order valence-corrected chi connectivity index (χ0v) is 23.0. The highest BCUT2D eigenvalue weighted by Crippen LogP contribution is 2.18. The Morgan fingerprint density at radius 3 is 2.41 bits per heavy atom. The average Bonchev–Trinajstić information content (AvgIpc) is 3.63. The Balaban J connectivity index is 1.55. The number of hydrogen-bond donors (Lipinski definition) is 0. The number of furan rings is 1. The van der Waals surface area contributed by atoms with E-state index >= 15 is 0 Å². The van der Waals surface area contributed by atoms with Crippen LogP contribution in [0.1, 0.15) is 47.6 Å². The Labute approximate surface area is 230 Å². The molecule has 0 fully saturated rings. The molecular weight excluding hydrogens is 490 g/mol.